The lowest BCUT2D eigenvalue weighted by Crippen LogP contribution is -2.03. The van der Waals surface area contributed by atoms with E-state index in [4.69, 9.17) is 14.2 Å². The van der Waals surface area contributed by atoms with Crippen LogP contribution < -0.4 is 9.47 Å². The van der Waals surface area contributed by atoms with Gasteiger partial charge in [0.1, 0.15) is 12.4 Å². The number of hydrogen-bond donors (Lipinski definition) is 0. The van der Waals surface area contributed by atoms with E-state index in [2.05, 4.69) is 0 Å². The molecule has 0 spiro atoms. The van der Waals surface area contributed by atoms with E-state index < -0.39 is 11.6 Å². The number of benzene rings is 2. The number of hydrogen-bond acceptors (Lipinski definition) is 3. The molecular weight excluding hydrogens is 266 g/mol. The highest BCUT2D eigenvalue weighted by Crippen LogP contribution is 2.27. The van der Waals surface area contributed by atoms with Gasteiger partial charge in [0.25, 0.3) is 0 Å². The highest BCUT2D eigenvalue weighted by atomic mass is 19.2. The fourth-order valence-corrected chi connectivity index (χ4v) is 1.59. The smallest absolute Gasteiger partial charge is 0.200 e. The summed E-state index contributed by atoms with van der Waals surface area (Å²) in [6.45, 7) is 0.0914. The van der Waals surface area contributed by atoms with Crippen molar-refractivity contribution >= 4 is 0 Å². The molecule has 0 aliphatic carbocycles. The third-order valence-electron chi connectivity index (χ3n) is 2.55. The van der Waals surface area contributed by atoms with Gasteiger partial charge in [0.05, 0.1) is 0 Å². The van der Waals surface area contributed by atoms with Crippen molar-refractivity contribution in [3.05, 3.63) is 59.7 Å². The van der Waals surface area contributed by atoms with E-state index >= 15 is 0 Å². The van der Waals surface area contributed by atoms with E-state index in [9.17, 15) is 8.78 Å². The molecule has 2 aromatic carbocycles. The normalized spacial score (nSPS) is 10.3. The van der Waals surface area contributed by atoms with Crippen LogP contribution in [-0.4, -0.2) is 13.9 Å². The summed E-state index contributed by atoms with van der Waals surface area (Å²) in [5, 5.41) is 0. The number of rotatable bonds is 6. The van der Waals surface area contributed by atoms with Crippen LogP contribution in [0.5, 0.6) is 11.5 Å². The molecule has 0 aliphatic heterocycles. The van der Waals surface area contributed by atoms with Crippen molar-refractivity contribution in [3.63, 3.8) is 0 Å². The molecule has 0 unspecified atom stereocenters. The van der Waals surface area contributed by atoms with Gasteiger partial charge in [-0.2, -0.15) is 4.39 Å². The SMILES string of the molecule is COCOc1cc(F)c(F)c(OCc2ccccc2)c1. The molecule has 106 valence electrons. The largest absolute Gasteiger partial charge is 0.486 e. The second kappa shape index (κ2) is 6.86. The average Bonchev–Trinajstić information content (AvgIpc) is 2.48. The quantitative estimate of drug-likeness (QED) is 0.758. The lowest BCUT2D eigenvalue weighted by molar-refractivity contribution is 0.0505. The van der Waals surface area contributed by atoms with E-state index in [-0.39, 0.29) is 24.9 Å². The topological polar surface area (TPSA) is 27.7 Å². The van der Waals surface area contributed by atoms with Crippen molar-refractivity contribution in [2.24, 2.45) is 0 Å². The van der Waals surface area contributed by atoms with Gasteiger partial charge in [0.15, 0.2) is 18.4 Å². The van der Waals surface area contributed by atoms with Crippen LogP contribution in [0.3, 0.4) is 0 Å². The van der Waals surface area contributed by atoms with E-state index in [1.807, 2.05) is 30.3 Å². The minimum Gasteiger partial charge on any atom is -0.486 e. The molecule has 20 heavy (non-hydrogen) atoms. The molecule has 0 aromatic heterocycles. The molecule has 0 radical (unpaired) electrons. The van der Waals surface area contributed by atoms with Crippen LogP contribution in [0, 0.1) is 11.6 Å². The number of halogens is 2. The van der Waals surface area contributed by atoms with Gasteiger partial charge >= 0.3 is 0 Å². The standard InChI is InChI=1S/C15H14F2O3/c1-18-10-20-12-7-13(16)15(17)14(8-12)19-9-11-5-3-2-4-6-11/h2-8H,9-10H2,1H3. The van der Waals surface area contributed by atoms with E-state index in [1.54, 1.807) is 0 Å². The molecule has 0 saturated carbocycles. The summed E-state index contributed by atoms with van der Waals surface area (Å²) in [6, 6.07) is 11.5. The summed E-state index contributed by atoms with van der Waals surface area (Å²) in [6.07, 6.45) is 0. The summed E-state index contributed by atoms with van der Waals surface area (Å²) in [5.41, 5.74) is 0.857. The van der Waals surface area contributed by atoms with Crippen molar-refractivity contribution in [2.75, 3.05) is 13.9 Å². The Labute approximate surface area is 115 Å². The molecular formula is C15H14F2O3. The van der Waals surface area contributed by atoms with Gasteiger partial charge in [0.2, 0.25) is 5.82 Å². The Morgan fingerprint density at radius 1 is 1.00 bits per heavy atom. The Bertz CT molecular complexity index is 559. The fourth-order valence-electron chi connectivity index (χ4n) is 1.59. The van der Waals surface area contributed by atoms with Crippen LogP contribution in [0.25, 0.3) is 0 Å². The van der Waals surface area contributed by atoms with Crippen LogP contribution in [-0.2, 0) is 11.3 Å². The summed E-state index contributed by atoms with van der Waals surface area (Å²) >= 11 is 0. The van der Waals surface area contributed by atoms with Crippen LogP contribution in [0.15, 0.2) is 42.5 Å². The molecule has 0 bridgehead atoms. The maximum atomic E-state index is 13.6. The summed E-state index contributed by atoms with van der Waals surface area (Å²) in [4.78, 5) is 0. The van der Waals surface area contributed by atoms with Crippen LogP contribution in [0.1, 0.15) is 5.56 Å². The van der Waals surface area contributed by atoms with Crippen LogP contribution in [0.4, 0.5) is 8.78 Å². The van der Waals surface area contributed by atoms with Crippen molar-refractivity contribution in [1.29, 1.82) is 0 Å². The van der Waals surface area contributed by atoms with E-state index in [1.165, 1.54) is 13.2 Å². The maximum Gasteiger partial charge on any atom is 0.200 e. The molecule has 0 aliphatic rings. The zero-order chi connectivity index (χ0) is 14.4. The molecule has 0 N–H and O–H groups in total. The third-order valence-corrected chi connectivity index (χ3v) is 2.55. The van der Waals surface area contributed by atoms with Gasteiger partial charge < -0.3 is 14.2 Å². The van der Waals surface area contributed by atoms with Gasteiger partial charge in [-0.15, -0.1) is 0 Å². The van der Waals surface area contributed by atoms with Gasteiger partial charge in [-0.3, -0.25) is 0 Å². The maximum absolute atomic E-state index is 13.6. The molecule has 0 fully saturated rings. The lowest BCUT2D eigenvalue weighted by atomic mass is 10.2. The zero-order valence-electron chi connectivity index (χ0n) is 10.9. The lowest BCUT2D eigenvalue weighted by Gasteiger charge is -2.11. The average molecular weight is 280 g/mol. The molecule has 0 heterocycles. The Hall–Kier alpha value is -2.14. The summed E-state index contributed by atoms with van der Waals surface area (Å²) in [7, 11) is 1.44. The molecule has 5 heteroatoms. The minimum atomic E-state index is -1.04. The first-order valence-electron chi connectivity index (χ1n) is 5.98. The first kappa shape index (κ1) is 14.3. The highest BCUT2D eigenvalue weighted by molar-refractivity contribution is 5.35. The van der Waals surface area contributed by atoms with Crippen molar-refractivity contribution in [3.8, 4) is 11.5 Å². The van der Waals surface area contributed by atoms with Crippen LogP contribution in [0.2, 0.25) is 0 Å². The second-order valence-electron chi connectivity index (χ2n) is 4.04. The molecule has 0 amide bonds. The van der Waals surface area contributed by atoms with Gasteiger partial charge in [-0.05, 0) is 5.56 Å². The Kier molecular flexibility index (Phi) is 4.90. The minimum absolute atomic E-state index is 0.0524. The summed E-state index contributed by atoms with van der Waals surface area (Å²) in [5.74, 6) is -2.11. The molecule has 0 saturated heterocycles. The zero-order valence-corrected chi connectivity index (χ0v) is 10.9. The predicted molar refractivity (Wildman–Crippen MR) is 69.6 cm³/mol. The van der Waals surface area contributed by atoms with Gasteiger partial charge in [0, 0.05) is 19.2 Å². The molecule has 2 aromatic rings. The number of ether oxygens (including phenoxy) is 3. The van der Waals surface area contributed by atoms with Gasteiger partial charge in [-0.25, -0.2) is 4.39 Å². The number of methoxy groups -OCH3 is 1. The Morgan fingerprint density at radius 3 is 2.45 bits per heavy atom. The van der Waals surface area contributed by atoms with Crippen LogP contribution >= 0.6 is 0 Å². The predicted octanol–water partition coefficient (Wildman–Crippen LogP) is 3.53. The Morgan fingerprint density at radius 2 is 1.75 bits per heavy atom. The van der Waals surface area contributed by atoms with Crippen molar-refractivity contribution < 1.29 is 23.0 Å². The molecule has 0 atom stereocenters. The first-order chi connectivity index (χ1) is 9.70. The monoisotopic (exact) mass is 280 g/mol. The molecule has 2 rings (SSSR count). The first-order valence-corrected chi connectivity index (χ1v) is 5.98. The third kappa shape index (κ3) is 3.68. The summed E-state index contributed by atoms with van der Waals surface area (Å²) < 4.78 is 42.1. The fraction of sp³-hybridized carbons (Fsp3) is 0.200. The highest BCUT2D eigenvalue weighted by Gasteiger charge is 2.13. The van der Waals surface area contributed by atoms with E-state index in [0.29, 0.717) is 0 Å². The molecule has 3 nitrogen and oxygen atoms in total. The van der Waals surface area contributed by atoms with Crippen molar-refractivity contribution in [1.82, 2.24) is 0 Å². The Balaban J connectivity index is 2.11. The second-order valence-corrected chi connectivity index (χ2v) is 4.04. The van der Waals surface area contributed by atoms with Gasteiger partial charge in [-0.1, -0.05) is 30.3 Å². The van der Waals surface area contributed by atoms with Crippen molar-refractivity contribution in [2.45, 2.75) is 6.61 Å². The van der Waals surface area contributed by atoms with E-state index in [0.717, 1.165) is 11.6 Å².